The third-order valence-corrected chi connectivity index (χ3v) is 3.30. The third-order valence-electron chi connectivity index (χ3n) is 3.30. The van der Waals surface area contributed by atoms with Crippen LogP contribution < -0.4 is 0 Å². The number of carbonyl (C=O) groups excluding carboxylic acids is 1. The summed E-state index contributed by atoms with van der Waals surface area (Å²) in [5.41, 5.74) is 0.370. The van der Waals surface area contributed by atoms with Gasteiger partial charge in [0, 0.05) is 23.1 Å². The van der Waals surface area contributed by atoms with Gasteiger partial charge in [-0.05, 0) is 30.3 Å². The van der Waals surface area contributed by atoms with Gasteiger partial charge in [-0.1, -0.05) is 0 Å². The van der Waals surface area contributed by atoms with Gasteiger partial charge in [-0.3, -0.25) is 14.9 Å². The topological polar surface area (TPSA) is 141 Å². The number of phenols is 1. The van der Waals surface area contributed by atoms with Gasteiger partial charge in [-0.15, -0.1) is 10.2 Å². The highest BCUT2D eigenvalue weighted by Gasteiger charge is 2.15. The predicted octanol–water partition coefficient (Wildman–Crippen LogP) is 3.41. The lowest BCUT2D eigenvalue weighted by molar-refractivity contribution is -0.384. The molecule has 24 heavy (non-hydrogen) atoms. The largest absolute Gasteiger partial charge is 0.508 e. The van der Waals surface area contributed by atoms with Crippen LogP contribution in [0, 0.1) is 10.1 Å². The number of aromatic amines is 1. The second kappa shape index (κ2) is 5.80. The van der Waals surface area contributed by atoms with E-state index in [-0.39, 0.29) is 34.0 Å². The van der Waals surface area contributed by atoms with E-state index in [0.29, 0.717) is 5.52 Å². The van der Waals surface area contributed by atoms with Crippen LogP contribution in [0.25, 0.3) is 10.9 Å². The van der Waals surface area contributed by atoms with Crippen molar-refractivity contribution >= 4 is 28.2 Å². The number of rotatable bonds is 3. The summed E-state index contributed by atoms with van der Waals surface area (Å²) in [6, 6.07) is 9.33. The summed E-state index contributed by atoms with van der Waals surface area (Å²) in [6.07, 6.45) is 0. The normalized spacial score (nSPS) is 11.2. The Morgan fingerprint density at radius 2 is 1.83 bits per heavy atom. The molecule has 0 saturated carbocycles. The molecule has 0 fully saturated rings. The number of nitro benzene ring substituents is 1. The monoisotopic (exact) mass is 326 g/mol. The summed E-state index contributed by atoms with van der Waals surface area (Å²) in [7, 11) is 0. The molecule has 2 aromatic carbocycles. The Balaban J connectivity index is 1.98. The van der Waals surface area contributed by atoms with Crippen LogP contribution in [0.1, 0.15) is 10.4 Å². The van der Waals surface area contributed by atoms with Crippen molar-refractivity contribution in [2.24, 2.45) is 10.2 Å². The second-order valence-corrected chi connectivity index (χ2v) is 4.86. The number of azo groups is 1. The number of nitro groups is 1. The van der Waals surface area contributed by atoms with E-state index in [2.05, 4.69) is 15.2 Å². The van der Waals surface area contributed by atoms with Gasteiger partial charge in [0.15, 0.2) is 5.69 Å². The molecule has 1 amide bonds. The number of nitrogens with one attached hydrogen (secondary N) is 1. The summed E-state index contributed by atoms with van der Waals surface area (Å²) >= 11 is 0. The molecule has 120 valence electrons. The van der Waals surface area contributed by atoms with Crippen molar-refractivity contribution in [3.8, 4) is 11.6 Å². The maximum atomic E-state index is 11.9. The molecule has 3 aromatic rings. The lowest BCUT2D eigenvalue weighted by atomic mass is 10.2. The van der Waals surface area contributed by atoms with Gasteiger partial charge >= 0.3 is 0 Å². The number of fused-ring (bicyclic) bond motifs is 1. The Labute approximate surface area is 134 Å². The van der Waals surface area contributed by atoms with E-state index in [4.69, 9.17) is 0 Å². The first-order chi connectivity index (χ1) is 11.5. The van der Waals surface area contributed by atoms with E-state index in [0.717, 1.165) is 0 Å². The van der Waals surface area contributed by atoms with Crippen LogP contribution in [0.5, 0.6) is 11.6 Å². The number of non-ortho nitro benzene ring substituents is 1. The van der Waals surface area contributed by atoms with Crippen LogP contribution >= 0.6 is 0 Å². The standard InChI is InChI=1S/C15H10N4O5/c20-10-4-1-8(2-5-10)14(21)18-17-13-11-7-9(19(23)24)3-6-12(11)16-15(13)22/h1-7,16,20,22H. The summed E-state index contributed by atoms with van der Waals surface area (Å²) in [5, 5.41) is 37.4. The van der Waals surface area contributed by atoms with Crippen LogP contribution in [-0.2, 0) is 0 Å². The number of nitrogens with zero attached hydrogens (tertiary/aromatic N) is 3. The first kappa shape index (κ1) is 15.2. The molecular weight excluding hydrogens is 316 g/mol. The maximum absolute atomic E-state index is 11.9. The highest BCUT2D eigenvalue weighted by Crippen LogP contribution is 2.37. The minimum atomic E-state index is -0.686. The van der Waals surface area contributed by atoms with Crippen LogP contribution in [0.2, 0.25) is 0 Å². The fourth-order valence-corrected chi connectivity index (χ4v) is 2.12. The van der Waals surface area contributed by atoms with Crippen LogP contribution in [0.15, 0.2) is 52.7 Å². The number of aromatic hydroxyl groups is 2. The molecule has 3 rings (SSSR count). The average Bonchev–Trinajstić information content (AvgIpc) is 2.87. The van der Waals surface area contributed by atoms with Gasteiger partial charge in [0.2, 0.25) is 5.88 Å². The molecule has 0 radical (unpaired) electrons. The molecule has 0 saturated heterocycles. The van der Waals surface area contributed by atoms with Gasteiger partial charge in [0.05, 0.1) is 10.4 Å². The van der Waals surface area contributed by atoms with Crippen molar-refractivity contribution in [3.05, 3.63) is 58.1 Å². The Bertz CT molecular complexity index is 975. The minimum absolute atomic E-state index is 0.00470. The SMILES string of the molecule is O=C(N=Nc1c(O)[nH]c2ccc([N+](=O)[O-])cc12)c1ccc(O)cc1. The third kappa shape index (κ3) is 2.77. The van der Waals surface area contributed by atoms with Gasteiger partial charge in [-0.2, -0.15) is 0 Å². The first-order valence-corrected chi connectivity index (χ1v) is 6.70. The summed E-state index contributed by atoms with van der Waals surface area (Å²) in [5.74, 6) is -1.04. The fraction of sp³-hybridized carbons (Fsp3) is 0. The van der Waals surface area contributed by atoms with Crippen molar-refractivity contribution in [1.82, 2.24) is 4.98 Å². The predicted molar refractivity (Wildman–Crippen MR) is 83.6 cm³/mol. The molecule has 0 unspecified atom stereocenters. The zero-order valence-electron chi connectivity index (χ0n) is 12.0. The summed E-state index contributed by atoms with van der Waals surface area (Å²) < 4.78 is 0. The fourth-order valence-electron chi connectivity index (χ4n) is 2.12. The van der Waals surface area contributed by atoms with E-state index in [1.807, 2.05) is 0 Å². The van der Waals surface area contributed by atoms with E-state index in [9.17, 15) is 25.1 Å². The van der Waals surface area contributed by atoms with Crippen molar-refractivity contribution in [2.45, 2.75) is 0 Å². The molecular formula is C15H10N4O5. The van der Waals surface area contributed by atoms with Crippen LogP contribution in [0.4, 0.5) is 11.4 Å². The Morgan fingerprint density at radius 1 is 1.12 bits per heavy atom. The zero-order chi connectivity index (χ0) is 17.3. The molecule has 9 heteroatoms. The molecule has 0 spiro atoms. The van der Waals surface area contributed by atoms with Crippen LogP contribution in [-0.4, -0.2) is 26.0 Å². The minimum Gasteiger partial charge on any atom is -0.508 e. The number of phenolic OH excluding ortho intramolecular Hbond substituents is 1. The Kier molecular flexibility index (Phi) is 3.66. The molecule has 3 N–H and O–H groups in total. The highest BCUT2D eigenvalue weighted by atomic mass is 16.6. The van der Waals surface area contributed by atoms with E-state index in [1.165, 1.54) is 42.5 Å². The van der Waals surface area contributed by atoms with Crippen molar-refractivity contribution in [2.75, 3.05) is 0 Å². The van der Waals surface area contributed by atoms with Gasteiger partial charge < -0.3 is 15.2 Å². The average molecular weight is 326 g/mol. The van der Waals surface area contributed by atoms with Crippen molar-refractivity contribution in [3.63, 3.8) is 0 Å². The number of carbonyl (C=O) groups is 1. The highest BCUT2D eigenvalue weighted by molar-refractivity contribution is 5.97. The number of hydrogen-bond donors (Lipinski definition) is 3. The van der Waals surface area contributed by atoms with Crippen molar-refractivity contribution in [1.29, 1.82) is 0 Å². The second-order valence-electron chi connectivity index (χ2n) is 4.86. The lowest BCUT2D eigenvalue weighted by Gasteiger charge is -1.95. The maximum Gasteiger partial charge on any atom is 0.295 e. The van der Waals surface area contributed by atoms with E-state index >= 15 is 0 Å². The number of hydrogen-bond acceptors (Lipinski definition) is 6. The Hall–Kier alpha value is -3.75. The smallest absolute Gasteiger partial charge is 0.295 e. The van der Waals surface area contributed by atoms with E-state index < -0.39 is 10.8 Å². The van der Waals surface area contributed by atoms with E-state index in [1.54, 1.807) is 0 Å². The van der Waals surface area contributed by atoms with Gasteiger partial charge in [0.1, 0.15) is 5.75 Å². The number of aromatic nitrogens is 1. The zero-order valence-corrected chi connectivity index (χ0v) is 12.0. The number of amides is 1. The van der Waals surface area contributed by atoms with Gasteiger partial charge in [-0.25, -0.2) is 0 Å². The molecule has 0 bridgehead atoms. The number of H-pyrrole nitrogens is 1. The molecule has 9 nitrogen and oxygen atoms in total. The molecule has 0 aliphatic rings. The molecule has 0 aliphatic carbocycles. The summed E-state index contributed by atoms with van der Waals surface area (Å²) in [4.78, 5) is 24.8. The van der Waals surface area contributed by atoms with Crippen molar-refractivity contribution < 1.29 is 19.9 Å². The molecule has 0 atom stereocenters. The lowest BCUT2D eigenvalue weighted by Crippen LogP contribution is -1.92. The molecule has 0 aliphatic heterocycles. The number of benzene rings is 2. The molecule has 1 aromatic heterocycles. The Morgan fingerprint density at radius 3 is 2.50 bits per heavy atom. The van der Waals surface area contributed by atoms with Gasteiger partial charge in [0.25, 0.3) is 11.6 Å². The molecule has 1 heterocycles. The summed E-state index contributed by atoms with van der Waals surface area (Å²) in [6.45, 7) is 0. The first-order valence-electron chi connectivity index (χ1n) is 6.70. The van der Waals surface area contributed by atoms with Crippen LogP contribution in [0.3, 0.4) is 0 Å². The quantitative estimate of drug-likeness (QED) is 0.384.